The minimum absolute atomic E-state index is 0.102. The molecule has 27 heavy (non-hydrogen) atoms. The maximum Gasteiger partial charge on any atom is 0.375 e. The molecule has 0 saturated carbocycles. The molecule has 140 valence electrons. The first-order valence-corrected chi connectivity index (χ1v) is 8.73. The molecule has 0 aliphatic rings. The molecule has 6 nitrogen and oxygen atoms in total. The van der Waals surface area contributed by atoms with Crippen LogP contribution in [0.2, 0.25) is 0 Å². The van der Waals surface area contributed by atoms with Crippen LogP contribution in [0.5, 0.6) is 5.75 Å². The number of ether oxygens (including phenoxy) is 2. The van der Waals surface area contributed by atoms with Gasteiger partial charge in [-0.2, -0.15) is 0 Å². The molecule has 1 atom stereocenters. The fraction of sp³-hybridized carbons (Fsp3) is 0.238. The lowest BCUT2D eigenvalue weighted by Gasteiger charge is -2.15. The highest BCUT2D eigenvalue weighted by atomic mass is 16.6. The number of fused-ring (bicyclic) bond motifs is 1. The van der Waals surface area contributed by atoms with E-state index in [1.165, 1.54) is 6.92 Å². The third-order valence-electron chi connectivity index (χ3n) is 4.13. The van der Waals surface area contributed by atoms with E-state index in [4.69, 9.17) is 13.9 Å². The summed E-state index contributed by atoms with van der Waals surface area (Å²) >= 11 is 0. The summed E-state index contributed by atoms with van der Waals surface area (Å²) in [5, 5.41) is 3.56. The Labute approximate surface area is 157 Å². The van der Waals surface area contributed by atoms with Crippen LogP contribution in [0.15, 0.2) is 52.9 Å². The van der Waals surface area contributed by atoms with Crippen LogP contribution in [-0.4, -0.2) is 24.6 Å². The molecule has 1 amide bonds. The molecule has 0 spiro atoms. The summed E-state index contributed by atoms with van der Waals surface area (Å²) in [4.78, 5) is 24.9. The van der Waals surface area contributed by atoms with E-state index in [-0.39, 0.29) is 5.76 Å². The molecule has 0 saturated heterocycles. The maximum absolute atomic E-state index is 12.5. The van der Waals surface area contributed by atoms with Crippen LogP contribution in [-0.2, 0) is 9.53 Å². The molecule has 6 heteroatoms. The number of anilines is 1. The van der Waals surface area contributed by atoms with Gasteiger partial charge >= 0.3 is 5.97 Å². The van der Waals surface area contributed by atoms with Crippen LogP contribution in [0.3, 0.4) is 0 Å². The van der Waals surface area contributed by atoms with E-state index >= 15 is 0 Å². The summed E-state index contributed by atoms with van der Waals surface area (Å²) in [7, 11) is 0. The third-order valence-corrected chi connectivity index (χ3v) is 4.13. The number of nitrogens with one attached hydrogen (secondary N) is 1. The Morgan fingerprint density at radius 1 is 1.11 bits per heavy atom. The van der Waals surface area contributed by atoms with Crippen molar-refractivity contribution >= 4 is 28.5 Å². The van der Waals surface area contributed by atoms with Gasteiger partial charge in [0.05, 0.1) is 12.3 Å². The van der Waals surface area contributed by atoms with Crippen molar-refractivity contribution in [1.29, 1.82) is 0 Å². The molecule has 2 aromatic carbocycles. The number of amides is 1. The van der Waals surface area contributed by atoms with Gasteiger partial charge in [0.25, 0.3) is 5.91 Å². The van der Waals surface area contributed by atoms with E-state index in [2.05, 4.69) is 5.32 Å². The second-order valence-electron chi connectivity index (χ2n) is 6.02. The zero-order valence-corrected chi connectivity index (χ0v) is 15.4. The summed E-state index contributed by atoms with van der Waals surface area (Å²) in [5.41, 5.74) is 1.81. The average molecular weight is 367 g/mol. The Kier molecular flexibility index (Phi) is 5.45. The predicted molar refractivity (Wildman–Crippen MR) is 102 cm³/mol. The quantitative estimate of drug-likeness (QED) is 0.656. The molecule has 1 heterocycles. The van der Waals surface area contributed by atoms with Crippen LogP contribution in [0.4, 0.5) is 5.69 Å². The van der Waals surface area contributed by atoms with E-state index in [0.29, 0.717) is 29.2 Å². The highest BCUT2D eigenvalue weighted by molar-refractivity contribution is 5.99. The number of carbonyl (C=O) groups is 2. The van der Waals surface area contributed by atoms with Gasteiger partial charge in [0.2, 0.25) is 5.76 Å². The molecule has 0 bridgehead atoms. The van der Waals surface area contributed by atoms with Gasteiger partial charge in [0, 0.05) is 10.9 Å². The van der Waals surface area contributed by atoms with E-state index < -0.39 is 18.0 Å². The van der Waals surface area contributed by atoms with Gasteiger partial charge < -0.3 is 19.2 Å². The molecule has 3 aromatic rings. The van der Waals surface area contributed by atoms with Crippen LogP contribution >= 0.6 is 0 Å². The number of benzene rings is 2. The Morgan fingerprint density at radius 3 is 2.56 bits per heavy atom. The highest BCUT2D eigenvalue weighted by Crippen LogP contribution is 2.26. The number of aryl methyl sites for hydroxylation is 1. The number of hydrogen-bond acceptors (Lipinski definition) is 5. The number of para-hydroxylation sites is 3. The van der Waals surface area contributed by atoms with Gasteiger partial charge in [-0.3, -0.25) is 4.79 Å². The molecule has 0 unspecified atom stereocenters. The van der Waals surface area contributed by atoms with Crippen molar-refractivity contribution in [1.82, 2.24) is 0 Å². The Bertz CT molecular complexity index is 976. The first-order chi connectivity index (χ1) is 13.0. The van der Waals surface area contributed by atoms with Crippen molar-refractivity contribution in [3.05, 3.63) is 59.9 Å². The summed E-state index contributed by atoms with van der Waals surface area (Å²) in [6, 6.07) is 14.4. The number of esters is 1. The summed E-state index contributed by atoms with van der Waals surface area (Å²) in [5.74, 6) is -0.473. The van der Waals surface area contributed by atoms with Gasteiger partial charge in [-0.25, -0.2) is 4.79 Å². The minimum Gasteiger partial charge on any atom is -0.492 e. The number of rotatable bonds is 6. The molecule has 0 fully saturated rings. The van der Waals surface area contributed by atoms with Gasteiger partial charge in [-0.05, 0) is 39.0 Å². The van der Waals surface area contributed by atoms with Crippen molar-refractivity contribution in [2.45, 2.75) is 26.9 Å². The van der Waals surface area contributed by atoms with Crippen molar-refractivity contribution in [2.24, 2.45) is 0 Å². The molecule has 1 aromatic heterocycles. The van der Waals surface area contributed by atoms with Crippen molar-refractivity contribution in [2.75, 3.05) is 11.9 Å². The second-order valence-corrected chi connectivity index (χ2v) is 6.02. The first-order valence-electron chi connectivity index (χ1n) is 8.73. The minimum atomic E-state index is -1.00. The topological polar surface area (TPSA) is 77.8 Å². The molecule has 0 radical (unpaired) electrons. The molecule has 0 aliphatic heterocycles. The molecular weight excluding hydrogens is 346 g/mol. The first kappa shape index (κ1) is 18.5. The predicted octanol–water partition coefficient (Wildman–Crippen LogP) is 4.32. The Morgan fingerprint density at radius 2 is 1.81 bits per heavy atom. The van der Waals surface area contributed by atoms with Crippen LogP contribution < -0.4 is 10.1 Å². The molecule has 3 rings (SSSR count). The summed E-state index contributed by atoms with van der Waals surface area (Å²) < 4.78 is 16.4. The third kappa shape index (κ3) is 3.95. The Hall–Kier alpha value is -3.28. The molecule has 0 aliphatic carbocycles. The fourth-order valence-electron chi connectivity index (χ4n) is 2.72. The molecule has 1 N–H and O–H groups in total. The van der Waals surface area contributed by atoms with Crippen molar-refractivity contribution < 1.29 is 23.5 Å². The van der Waals surface area contributed by atoms with Gasteiger partial charge in [0.15, 0.2) is 6.10 Å². The lowest BCUT2D eigenvalue weighted by atomic mass is 10.1. The monoisotopic (exact) mass is 367 g/mol. The van der Waals surface area contributed by atoms with E-state index in [0.717, 1.165) is 5.39 Å². The van der Waals surface area contributed by atoms with Gasteiger partial charge in [-0.15, -0.1) is 0 Å². The normalized spacial score (nSPS) is 11.8. The smallest absolute Gasteiger partial charge is 0.375 e. The van der Waals surface area contributed by atoms with Gasteiger partial charge in [-0.1, -0.05) is 30.3 Å². The maximum atomic E-state index is 12.5. The molecular formula is C21H21NO5. The largest absolute Gasteiger partial charge is 0.492 e. The summed E-state index contributed by atoms with van der Waals surface area (Å²) in [6.45, 7) is 5.63. The zero-order valence-electron chi connectivity index (χ0n) is 15.4. The van der Waals surface area contributed by atoms with Crippen molar-refractivity contribution in [3.8, 4) is 5.75 Å². The lowest BCUT2D eigenvalue weighted by molar-refractivity contribution is -0.123. The van der Waals surface area contributed by atoms with Gasteiger partial charge in [0.1, 0.15) is 11.3 Å². The van der Waals surface area contributed by atoms with Crippen molar-refractivity contribution in [3.63, 3.8) is 0 Å². The van der Waals surface area contributed by atoms with Crippen LogP contribution in [0, 0.1) is 6.92 Å². The zero-order chi connectivity index (χ0) is 19.4. The van der Waals surface area contributed by atoms with E-state index in [1.54, 1.807) is 31.2 Å². The second kappa shape index (κ2) is 7.95. The standard InChI is InChI=1S/C21H21NO5/c1-4-25-18-12-8-6-10-16(18)22-20(23)14(3)26-21(24)19-13(2)15-9-5-7-11-17(15)27-19/h5-12,14H,4H2,1-3H3,(H,22,23)/t14-/m1/s1. The van der Waals surface area contributed by atoms with Crippen LogP contribution in [0.25, 0.3) is 11.0 Å². The van der Waals surface area contributed by atoms with E-state index in [1.807, 2.05) is 31.2 Å². The van der Waals surface area contributed by atoms with Crippen LogP contribution in [0.1, 0.15) is 30.0 Å². The lowest BCUT2D eigenvalue weighted by Crippen LogP contribution is -2.30. The Balaban J connectivity index is 1.71. The summed E-state index contributed by atoms with van der Waals surface area (Å²) in [6.07, 6.45) is -1.00. The fourth-order valence-corrected chi connectivity index (χ4v) is 2.72. The van der Waals surface area contributed by atoms with E-state index in [9.17, 15) is 9.59 Å². The SMILES string of the molecule is CCOc1ccccc1NC(=O)[C@@H](C)OC(=O)c1oc2ccccc2c1C. The number of hydrogen-bond donors (Lipinski definition) is 1. The highest BCUT2D eigenvalue weighted by Gasteiger charge is 2.24. The number of furan rings is 1. The average Bonchev–Trinajstić information content (AvgIpc) is 3.00. The number of carbonyl (C=O) groups excluding carboxylic acids is 2.